The van der Waals surface area contributed by atoms with Crippen LogP contribution >= 0.6 is 0 Å². The first-order chi connectivity index (χ1) is 8.10. The lowest BCUT2D eigenvalue weighted by molar-refractivity contribution is -0.384. The normalized spacial score (nSPS) is 10.5. The quantitative estimate of drug-likeness (QED) is 0.483. The van der Waals surface area contributed by atoms with Crippen molar-refractivity contribution in [1.82, 2.24) is 0 Å². The summed E-state index contributed by atoms with van der Waals surface area (Å²) in [6.45, 7) is 0.317. The van der Waals surface area contributed by atoms with Gasteiger partial charge in [0.1, 0.15) is 0 Å². The van der Waals surface area contributed by atoms with E-state index >= 15 is 0 Å². The lowest BCUT2D eigenvalue weighted by Gasteiger charge is -2.03. The number of carbonyl (C=O) groups is 1. The van der Waals surface area contributed by atoms with Gasteiger partial charge in [0, 0.05) is 18.7 Å². The number of methoxy groups -OCH3 is 1. The van der Waals surface area contributed by atoms with Crippen molar-refractivity contribution in [2.24, 2.45) is 5.73 Å². The highest BCUT2D eigenvalue weighted by molar-refractivity contribution is 5.94. The van der Waals surface area contributed by atoms with Gasteiger partial charge >= 0.3 is 5.97 Å². The fraction of sp³-hybridized carbons (Fsp3) is 0.182. The molecule has 2 N–H and O–H groups in total. The molecular weight excluding hydrogens is 224 g/mol. The van der Waals surface area contributed by atoms with E-state index in [-0.39, 0.29) is 11.3 Å². The van der Waals surface area contributed by atoms with E-state index in [9.17, 15) is 14.9 Å². The number of ether oxygens (including phenoxy) is 1. The van der Waals surface area contributed by atoms with Crippen LogP contribution in [0.5, 0.6) is 0 Å². The molecule has 6 nitrogen and oxygen atoms in total. The Labute approximate surface area is 97.8 Å². The van der Waals surface area contributed by atoms with Crippen LogP contribution in [0.3, 0.4) is 0 Å². The van der Waals surface area contributed by atoms with Gasteiger partial charge in [0.15, 0.2) is 0 Å². The van der Waals surface area contributed by atoms with E-state index in [1.54, 1.807) is 12.2 Å². The molecule has 0 aliphatic rings. The molecule has 1 aromatic carbocycles. The molecule has 0 heterocycles. The molecule has 0 aliphatic heterocycles. The third-order valence-electron chi connectivity index (χ3n) is 2.09. The summed E-state index contributed by atoms with van der Waals surface area (Å²) in [6, 6.07) is 3.99. The zero-order valence-corrected chi connectivity index (χ0v) is 9.25. The Morgan fingerprint density at radius 1 is 1.59 bits per heavy atom. The predicted molar refractivity (Wildman–Crippen MR) is 62.5 cm³/mol. The molecule has 0 bridgehead atoms. The van der Waals surface area contributed by atoms with Gasteiger partial charge in [-0.1, -0.05) is 12.2 Å². The zero-order chi connectivity index (χ0) is 12.8. The largest absolute Gasteiger partial charge is 0.465 e. The number of nitro benzene ring substituents is 1. The minimum atomic E-state index is -0.620. The third kappa shape index (κ3) is 3.12. The van der Waals surface area contributed by atoms with Crippen LogP contribution in [0.25, 0.3) is 6.08 Å². The Morgan fingerprint density at radius 2 is 2.29 bits per heavy atom. The average Bonchev–Trinajstić information content (AvgIpc) is 2.35. The van der Waals surface area contributed by atoms with Gasteiger partial charge in [-0.05, 0) is 11.6 Å². The first kappa shape index (κ1) is 12.9. The molecule has 0 amide bonds. The fourth-order valence-corrected chi connectivity index (χ4v) is 1.28. The summed E-state index contributed by atoms with van der Waals surface area (Å²) in [5.41, 5.74) is 5.82. The molecule has 1 rings (SSSR count). The van der Waals surface area contributed by atoms with Crippen LogP contribution in [0.4, 0.5) is 5.69 Å². The van der Waals surface area contributed by atoms with Crippen LogP contribution in [-0.4, -0.2) is 24.5 Å². The molecule has 0 aromatic heterocycles. The molecule has 1 aromatic rings. The molecule has 0 aliphatic carbocycles. The number of esters is 1. The summed E-state index contributed by atoms with van der Waals surface area (Å²) in [7, 11) is 1.22. The van der Waals surface area contributed by atoms with Gasteiger partial charge < -0.3 is 10.5 Å². The van der Waals surface area contributed by atoms with Crippen LogP contribution < -0.4 is 5.73 Å². The Balaban J connectivity index is 3.26. The van der Waals surface area contributed by atoms with Crippen LogP contribution in [-0.2, 0) is 4.74 Å². The second kappa shape index (κ2) is 5.76. The van der Waals surface area contributed by atoms with Gasteiger partial charge in [0.25, 0.3) is 5.69 Å². The van der Waals surface area contributed by atoms with Crippen molar-refractivity contribution < 1.29 is 14.5 Å². The summed E-state index contributed by atoms with van der Waals surface area (Å²) in [6.07, 6.45) is 3.27. The van der Waals surface area contributed by atoms with Crippen LogP contribution in [0.15, 0.2) is 24.3 Å². The van der Waals surface area contributed by atoms with Crippen molar-refractivity contribution in [2.75, 3.05) is 13.7 Å². The van der Waals surface area contributed by atoms with E-state index < -0.39 is 10.9 Å². The fourth-order valence-electron chi connectivity index (χ4n) is 1.28. The molecule has 0 fully saturated rings. The van der Waals surface area contributed by atoms with Gasteiger partial charge in [-0.3, -0.25) is 10.1 Å². The van der Waals surface area contributed by atoms with Crippen molar-refractivity contribution in [3.8, 4) is 0 Å². The van der Waals surface area contributed by atoms with Gasteiger partial charge in [0.05, 0.1) is 17.6 Å². The van der Waals surface area contributed by atoms with Crippen molar-refractivity contribution in [3.63, 3.8) is 0 Å². The van der Waals surface area contributed by atoms with Gasteiger partial charge in [-0.25, -0.2) is 4.79 Å². The Hall–Kier alpha value is -2.21. The smallest absolute Gasteiger partial charge is 0.338 e. The minimum absolute atomic E-state index is 0.145. The highest BCUT2D eigenvalue weighted by Crippen LogP contribution is 2.19. The predicted octanol–water partition coefficient (Wildman–Crippen LogP) is 1.35. The van der Waals surface area contributed by atoms with E-state index in [0.717, 1.165) is 0 Å². The molecule has 0 atom stereocenters. The van der Waals surface area contributed by atoms with E-state index in [1.807, 2.05) is 0 Å². The lowest BCUT2D eigenvalue weighted by atomic mass is 10.1. The van der Waals surface area contributed by atoms with Crippen molar-refractivity contribution in [3.05, 3.63) is 45.5 Å². The minimum Gasteiger partial charge on any atom is -0.465 e. The highest BCUT2D eigenvalue weighted by atomic mass is 16.6. The lowest BCUT2D eigenvalue weighted by Crippen LogP contribution is -2.05. The van der Waals surface area contributed by atoms with Crippen molar-refractivity contribution >= 4 is 17.7 Å². The number of non-ortho nitro benzene ring substituents is 1. The van der Waals surface area contributed by atoms with Crippen LogP contribution in [0.1, 0.15) is 15.9 Å². The van der Waals surface area contributed by atoms with E-state index in [0.29, 0.717) is 12.1 Å². The zero-order valence-electron chi connectivity index (χ0n) is 9.25. The maximum Gasteiger partial charge on any atom is 0.338 e. The standard InChI is InChI=1S/C11H12N2O4/c1-17-11(14)10-7-9(13(15)16)5-4-8(10)3-2-6-12/h2-5,7H,6,12H2,1H3. The summed E-state index contributed by atoms with van der Waals surface area (Å²) >= 11 is 0. The number of nitrogens with zero attached hydrogens (tertiary/aromatic N) is 1. The second-order valence-electron chi connectivity index (χ2n) is 3.16. The molecule has 0 unspecified atom stereocenters. The number of rotatable bonds is 4. The third-order valence-corrected chi connectivity index (χ3v) is 2.09. The first-order valence-electron chi connectivity index (χ1n) is 4.83. The van der Waals surface area contributed by atoms with Crippen LogP contribution in [0, 0.1) is 10.1 Å². The Bertz CT molecular complexity index is 469. The second-order valence-corrected chi connectivity index (χ2v) is 3.16. The molecule has 17 heavy (non-hydrogen) atoms. The summed E-state index contributed by atoms with van der Waals surface area (Å²) in [5.74, 6) is -0.620. The number of hydrogen-bond donors (Lipinski definition) is 1. The maximum atomic E-state index is 11.5. The molecule has 0 spiro atoms. The molecule has 0 radical (unpaired) electrons. The van der Waals surface area contributed by atoms with Crippen molar-refractivity contribution in [1.29, 1.82) is 0 Å². The Morgan fingerprint density at radius 3 is 2.82 bits per heavy atom. The van der Waals surface area contributed by atoms with Gasteiger partial charge in [-0.2, -0.15) is 0 Å². The van der Waals surface area contributed by atoms with Crippen LogP contribution in [0.2, 0.25) is 0 Å². The number of carbonyl (C=O) groups excluding carboxylic acids is 1. The SMILES string of the molecule is COC(=O)c1cc([N+](=O)[O-])ccc1C=CCN. The highest BCUT2D eigenvalue weighted by Gasteiger charge is 2.15. The van der Waals surface area contributed by atoms with E-state index in [4.69, 9.17) is 5.73 Å². The molecule has 90 valence electrons. The summed E-state index contributed by atoms with van der Waals surface area (Å²) in [4.78, 5) is 21.5. The monoisotopic (exact) mass is 236 g/mol. The van der Waals surface area contributed by atoms with Gasteiger partial charge in [0.2, 0.25) is 0 Å². The topological polar surface area (TPSA) is 95.5 Å². The number of benzene rings is 1. The number of nitro groups is 1. The van der Waals surface area contributed by atoms with Gasteiger partial charge in [-0.15, -0.1) is 0 Å². The molecule has 0 saturated heterocycles. The summed E-state index contributed by atoms with van der Waals surface area (Å²) < 4.78 is 4.56. The summed E-state index contributed by atoms with van der Waals surface area (Å²) in [5, 5.41) is 10.6. The Kier molecular flexibility index (Phi) is 4.36. The van der Waals surface area contributed by atoms with Crippen molar-refractivity contribution in [2.45, 2.75) is 0 Å². The maximum absolute atomic E-state index is 11.5. The number of hydrogen-bond acceptors (Lipinski definition) is 5. The van der Waals surface area contributed by atoms with E-state index in [2.05, 4.69) is 4.74 Å². The molecule has 0 saturated carbocycles. The number of nitrogens with two attached hydrogens (primary N) is 1. The molecule has 6 heteroatoms. The average molecular weight is 236 g/mol. The van der Waals surface area contributed by atoms with E-state index in [1.165, 1.54) is 25.3 Å². The first-order valence-corrected chi connectivity index (χ1v) is 4.83. The molecular formula is C11H12N2O4.